The minimum atomic E-state index is -0.475. The molecule has 0 spiro atoms. The number of nitrogens with one attached hydrogen (secondary N) is 1. The second kappa shape index (κ2) is 6.27. The molecule has 0 aromatic heterocycles. The van der Waals surface area contributed by atoms with Gasteiger partial charge in [0.2, 0.25) is 0 Å². The van der Waals surface area contributed by atoms with Crippen LogP contribution in [0.3, 0.4) is 0 Å². The van der Waals surface area contributed by atoms with Crippen molar-refractivity contribution in [3.63, 3.8) is 0 Å². The highest BCUT2D eigenvalue weighted by Gasteiger charge is 2.22. The molecule has 2 aromatic carbocycles. The number of hydrogen-bond acceptors (Lipinski definition) is 4. The lowest BCUT2D eigenvalue weighted by molar-refractivity contribution is -0.0367. The average Bonchev–Trinajstić information content (AvgIpc) is 2.55. The van der Waals surface area contributed by atoms with E-state index in [1.54, 1.807) is 11.5 Å². The van der Waals surface area contributed by atoms with Crippen LogP contribution in [0.4, 0.5) is 0 Å². The van der Waals surface area contributed by atoms with E-state index in [1.165, 1.54) is 11.1 Å². The van der Waals surface area contributed by atoms with Crippen LogP contribution in [0.15, 0.2) is 48.5 Å². The van der Waals surface area contributed by atoms with Crippen molar-refractivity contribution in [1.29, 1.82) is 0 Å². The zero-order valence-corrected chi connectivity index (χ0v) is 12.5. The number of hydrazine groups is 1. The topological polar surface area (TPSA) is 55.8 Å². The minimum absolute atomic E-state index is 0.475. The fourth-order valence-electron chi connectivity index (χ4n) is 2.77. The van der Waals surface area contributed by atoms with Gasteiger partial charge in [0.05, 0.1) is 0 Å². The van der Waals surface area contributed by atoms with Gasteiger partial charge in [-0.3, -0.25) is 10.0 Å². The number of nitrogens with zero attached hydrogens (tertiary/aromatic N) is 2. The van der Waals surface area contributed by atoms with Crippen molar-refractivity contribution < 1.29 is 10.0 Å². The predicted molar refractivity (Wildman–Crippen MR) is 82.9 cm³/mol. The number of amides is 1. The van der Waals surface area contributed by atoms with Crippen LogP contribution in [0.2, 0.25) is 0 Å². The first kappa shape index (κ1) is 14.7. The number of hydrogen-bond donors (Lipinski definition) is 2. The molecule has 0 atom stereocenters. The Kier molecular flexibility index (Phi) is 4.20. The van der Waals surface area contributed by atoms with E-state index in [4.69, 9.17) is 5.21 Å². The molecule has 5 heteroatoms. The number of hydroxylamine groups is 1. The summed E-state index contributed by atoms with van der Waals surface area (Å²) in [6, 6.07) is 15.9. The van der Waals surface area contributed by atoms with Gasteiger partial charge < -0.3 is 0 Å². The standard InChI is InChI=1S/C17H19N3O2/c1-19-11-16-9-14(17(21)18-22)7-8-15(16)12-20(19)10-13-5-3-2-4-6-13/h2-9,22H,10-12H2,1H3,(H,18,21). The molecular weight excluding hydrogens is 278 g/mol. The second-order valence-corrected chi connectivity index (χ2v) is 5.55. The molecule has 0 fully saturated rings. The van der Waals surface area contributed by atoms with Crippen LogP contribution in [0, 0.1) is 0 Å². The van der Waals surface area contributed by atoms with E-state index in [0.717, 1.165) is 25.2 Å². The Morgan fingerprint density at radius 1 is 1.14 bits per heavy atom. The zero-order chi connectivity index (χ0) is 15.5. The summed E-state index contributed by atoms with van der Waals surface area (Å²) in [5.74, 6) is -0.475. The largest absolute Gasteiger partial charge is 0.288 e. The third kappa shape index (κ3) is 3.01. The molecule has 0 saturated carbocycles. The predicted octanol–water partition coefficient (Wildman–Crippen LogP) is 2.17. The van der Waals surface area contributed by atoms with Crippen LogP contribution in [0.25, 0.3) is 0 Å². The number of benzene rings is 2. The fourth-order valence-corrected chi connectivity index (χ4v) is 2.77. The quantitative estimate of drug-likeness (QED) is 0.673. The van der Waals surface area contributed by atoms with Crippen molar-refractivity contribution in [3.05, 3.63) is 70.8 Å². The van der Waals surface area contributed by atoms with Gasteiger partial charge in [-0.25, -0.2) is 15.5 Å². The summed E-state index contributed by atoms with van der Waals surface area (Å²) in [4.78, 5) is 11.5. The molecule has 0 unspecified atom stereocenters. The molecule has 1 aliphatic heterocycles. The summed E-state index contributed by atoms with van der Waals surface area (Å²) >= 11 is 0. The van der Waals surface area contributed by atoms with Crippen LogP contribution in [0.1, 0.15) is 27.0 Å². The molecule has 1 heterocycles. The summed E-state index contributed by atoms with van der Waals surface area (Å²) in [5, 5.41) is 13.2. The van der Waals surface area contributed by atoms with Gasteiger partial charge in [-0.05, 0) is 28.8 Å². The Balaban J connectivity index is 1.79. The van der Waals surface area contributed by atoms with E-state index < -0.39 is 5.91 Å². The van der Waals surface area contributed by atoms with Crippen LogP contribution >= 0.6 is 0 Å². The van der Waals surface area contributed by atoms with E-state index in [1.807, 2.05) is 37.4 Å². The van der Waals surface area contributed by atoms with Gasteiger partial charge in [0, 0.05) is 32.2 Å². The van der Waals surface area contributed by atoms with Crippen LogP contribution in [-0.2, 0) is 19.6 Å². The highest BCUT2D eigenvalue weighted by atomic mass is 16.5. The van der Waals surface area contributed by atoms with Gasteiger partial charge in [0.25, 0.3) is 5.91 Å². The molecule has 0 aliphatic carbocycles. The Bertz CT molecular complexity index is 673. The molecule has 0 radical (unpaired) electrons. The van der Waals surface area contributed by atoms with Gasteiger partial charge in [0.1, 0.15) is 0 Å². The Morgan fingerprint density at radius 2 is 1.91 bits per heavy atom. The first-order valence-electron chi connectivity index (χ1n) is 7.23. The molecule has 114 valence electrons. The van der Waals surface area contributed by atoms with Crippen molar-refractivity contribution >= 4 is 5.91 Å². The number of carbonyl (C=O) groups is 1. The molecule has 0 bridgehead atoms. The Morgan fingerprint density at radius 3 is 2.64 bits per heavy atom. The Labute approximate surface area is 129 Å². The third-order valence-corrected chi connectivity index (χ3v) is 4.01. The summed E-state index contributed by atoms with van der Waals surface area (Å²) in [5.41, 5.74) is 5.76. The SMILES string of the molecule is CN1Cc2cc(C(=O)NO)ccc2CN1Cc1ccccc1. The molecule has 1 amide bonds. The van der Waals surface area contributed by atoms with Crippen LogP contribution in [0.5, 0.6) is 0 Å². The van der Waals surface area contributed by atoms with Crippen molar-refractivity contribution in [2.24, 2.45) is 0 Å². The van der Waals surface area contributed by atoms with E-state index in [0.29, 0.717) is 5.56 Å². The smallest absolute Gasteiger partial charge is 0.274 e. The molecule has 5 nitrogen and oxygen atoms in total. The summed E-state index contributed by atoms with van der Waals surface area (Å²) in [6.07, 6.45) is 0. The highest BCUT2D eigenvalue weighted by Crippen LogP contribution is 2.24. The zero-order valence-electron chi connectivity index (χ0n) is 12.5. The minimum Gasteiger partial charge on any atom is -0.288 e. The maximum absolute atomic E-state index is 11.5. The number of carbonyl (C=O) groups excluding carboxylic acids is 1. The van der Waals surface area contributed by atoms with Crippen molar-refractivity contribution in [3.8, 4) is 0 Å². The van der Waals surface area contributed by atoms with E-state index in [9.17, 15) is 4.79 Å². The first-order valence-corrected chi connectivity index (χ1v) is 7.23. The molecule has 0 saturated heterocycles. The first-order chi connectivity index (χ1) is 10.7. The molecule has 2 aromatic rings. The van der Waals surface area contributed by atoms with E-state index >= 15 is 0 Å². The number of fused-ring (bicyclic) bond motifs is 1. The lowest BCUT2D eigenvalue weighted by Crippen LogP contribution is -2.42. The molecule has 2 N–H and O–H groups in total. The maximum Gasteiger partial charge on any atom is 0.274 e. The summed E-state index contributed by atoms with van der Waals surface area (Å²) in [6.45, 7) is 2.41. The van der Waals surface area contributed by atoms with E-state index in [-0.39, 0.29) is 0 Å². The molecular formula is C17H19N3O2. The third-order valence-electron chi connectivity index (χ3n) is 4.01. The second-order valence-electron chi connectivity index (χ2n) is 5.55. The lowest BCUT2D eigenvalue weighted by Gasteiger charge is -2.37. The summed E-state index contributed by atoms with van der Waals surface area (Å²) < 4.78 is 0. The van der Waals surface area contributed by atoms with Crippen molar-refractivity contribution in [2.45, 2.75) is 19.6 Å². The molecule has 3 rings (SSSR count). The van der Waals surface area contributed by atoms with Crippen molar-refractivity contribution in [1.82, 2.24) is 15.5 Å². The maximum atomic E-state index is 11.5. The lowest BCUT2D eigenvalue weighted by atomic mass is 10.0. The van der Waals surface area contributed by atoms with Crippen LogP contribution < -0.4 is 5.48 Å². The fraction of sp³-hybridized carbons (Fsp3) is 0.235. The van der Waals surface area contributed by atoms with E-state index in [2.05, 4.69) is 22.2 Å². The van der Waals surface area contributed by atoms with Gasteiger partial charge in [-0.15, -0.1) is 0 Å². The Hall–Kier alpha value is -2.21. The van der Waals surface area contributed by atoms with Crippen LogP contribution in [-0.4, -0.2) is 28.2 Å². The van der Waals surface area contributed by atoms with Gasteiger partial charge in [0.15, 0.2) is 0 Å². The molecule has 22 heavy (non-hydrogen) atoms. The molecule has 1 aliphatic rings. The highest BCUT2D eigenvalue weighted by molar-refractivity contribution is 5.93. The van der Waals surface area contributed by atoms with Gasteiger partial charge in [-0.1, -0.05) is 36.4 Å². The average molecular weight is 297 g/mol. The van der Waals surface area contributed by atoms with Crippen molar-refractivity contribution in [2.75, 3.05) is 7.05 Å². The van der Waals surface area contributed by atoms with Gasteiger partial charge in [-0.2, -0.15) is 0 Å². The summed E-state index contributed by atoms with van der Waals surface area (Å²) in [7, 11) is 2.05. The normalized spacial score (nSPS) is 15.4. The monoisotopic (exact) mass is 297 g/mol. The van der Waals surface area contributed by atoms with Gasteiger partial charge >= 0.3 is 0 Å². The number of rotatable bonds is 3.